The lowest BCUT2D eigenvalue weighted by molar-refractivity contribution is -0.0504. The number of carbonyl (C=O) groups excluding carboxylic acids is 1. The van der Waals surface area contributed by atoms with Crippen LogP contribution in [0.15, 0.2) is 48.5 Å². The Hall–Kier alpha value is -2.50. The molecule has 110 valence electrons. The Morgan fingerprint density at radius 1 is 1.10 bits per heavy atom. The van der Waals surface area contributed by atoms with Crippen molar-refractivity contribution in [1.29, 1.82) is 0 Å². The second-order valence-electron chi connectivity index (χ2n) is 4.15. The van der Waals surface area contributed by atoms with Crippen LogP contribution >= 0.6 is 0 Å². The monoisotopic (exact) mass is 295 g/mol. The molecular weight excluding hydrogens is 283 g/mol. The van der Waals surface area contributed by atoms with E-state index in [2.05, 4.69) is 10.1 Å². The van der Waals surface area contributed by atoms with E-state index in [1.807, 2.05) is 0 Å². The molecule has 0 saturated carbocycles. The molecule has 0 bridgehead atoms. The summed E-state index contributed by atoms with van der Waals surface area (Å²) >= 11 is 0. The van der Waals surface area contributed by atoms with Crippen LogP contribution in [0.5, 0.6) is 5.75 Å². The van der Waals surface area contributed by atoms with E-state index in [0.29, 0.717) is 5.56 Å². The van der Waals surface area contributed by atoms with Crippen molar-refractivity contribution in [2.45, 2.75) is 13.2 Å². The molecule has 2 aromatic rings. The largest absolute Gasteiger partial charge is 0.434 e. The molecule has 0 aliphatic carbocycles. The summed E-state index contributed by atoms with van der Waals surface area (Å²) < 4.78 is 42.3. The van der Waals surface area contributed by atoms with Crippen LogP contribution in [0.3, 0.4) is 0 Å². The van der Waals surface area contributed by atoms with E-state index in [9.17, 15) is 18.0 Å². The number of ether oxygens (including phenoxy) is 1. The zero-order valence-electron chi connectivity index (χ0n) is 10.9. The van der Waals surface area contributed by atoms with E-state index in [1.54, 1.807) is 18.2 Å². The Morgan fingerprint density at radius 2 is 1.76 bits per heavy atom. The van der Waals surface area contributed by atoms with Crippen LogP contribution in [0.25, 0.3) is 0 Å². The fourth-order valence-electron chi connectivity index (χ4n) is 1.78. The third kappa shape index (κ3) is 3.98. The second-order valence-corrected chi connectivity index (χ2v) is 4.15. The summed E-state index contributed by atoms with van der Waals surface area (Å²) in [5, 5.41) is 2.47. The van der Waals surface area contributed by atoms with E-state index in [1.165, 1.54) is 30.3 Å². The molecule has 1 amide bonds. The fraction of sp³-hybridized carbons (Fsp3) is 0.133. The Balaban J connectivity index is 2.07. The number of rotatable bonds is 5. The van der Waals surface area contributed by atoms with Gasteiger partial charge in [-0.2, -0.15) is 8.78 Å². The molecule has 2 aromatic carbocycles. The molecule has 0 aliphatic rings. The summed E-state index contributed by atoms with van der Waals surface area (Å²) in [5.41, 5.74) is 0.271. The highest BCUT2D eigenvalue weighted by atomic mass is 19.3. The van der Waals surface area contributed by atoms with Crippen molar-refractivity contribution in [2.75, 3.05) is 0 Å². The van der Waals surface area contributed by atoms with Crippen LogP contribution in [0.4, 0.5) is 13.2 Å². The fourth-order valence-corrected chi connectivity index (χ4v) is 1.78. The number of amides is 1. The minimum atomic E-state index is -2.95. The van der Waals surface area contributed by atoms with E-state index in [0.717, 1.165) is 0 Å². The summed E-state index contributed by atoms with van der Waals surface area (Å²) in [6.07, 6.45) is 0. The molecule has 3 nitrogen and oxygen atoms in total. The molecule has 0 aromatic heterocycles. The lowest BCUT2D eigenvalue weighted by atomic mass is 10.1. The van der Waals surface area contributed by atoms with Crippen molar-refractivity contribution in [2.24, 2.45) is 0 Å². The van der Waals surface area contributed by atoms with Gasteiger partial charge in [-0.05, 0) is 18.2 Å². The van der Waals surface area contributed by atoms with Gasteiger partial charge in [-0.1, -0.05) is 30.3 Å². The van der Waals surface area contributed by atoms with Gasteiger partial charge in [0, 0.05) is 12.1 Å². The molecule has 6 heteroatoms. The lowest BCUT2D eigenvalue weighted by Gasteiger charge is -2.11. The number of hydrogen-bond donors (Lipinski definition) is 1. The highest BCUT2D eigenvalue weighted by Crippen LogP contribution is 2.20. The van der Waals surface area contributed by atoms with Gasteiger partial charge in [-0.25, -0.2) is 4.39 Å². The molecule has 0 atom stereocenters. The van der Waals surface area contributed by atoms with Crippen LogP contribution in [-0.2, 0) is 6.54 Å². The van der Waals surface area contributed by atoms with Gasteiger partial charge in [-0.3, -0.25) is 4.79 Å². The number of para-hydroxylation sites is 1. The van der Waals surface area contributed by atoms with Gasteiger partial charge in [0.15, 0.2) is 0 Å². The molecule has 0 unspecified atom stereocenters. The maximum atomic E-state index is 13.4. The average molecular weight is 295 g/mol. The number of carbonyl (C=O) groups is 1. The molecule has 0 aliphatic heterocycles. The van der Waals surface area contributed by atoms with E-state index in [4.69, 9.17) is 0 Å². The van der Waals surface area contributed by atoms with Crippen LogP contribution in [0, 0.1) is 5.82 Å². The van der Waals surface area contributed by atoms with E-state index >= 15 is 0 Å². The number of halogens is 3. The third-order valence-corrected chi connectivity index (χ3v) is 2.75. The van der Waals surface area contributed by atoms with Gasteiger partial charge in [0.25, 0.3) is 5.91 Å². The predicted molar refractivity (Wildman–Crippen MR) is 70.6 cm³/mol. The summed E-state index contributed by atoms with van der Waals surface area (Å²) in [6, 6.07) is 11.6. The van der Waals surface area contributed by atoms with Crippen molar-refractivity contribution in [1.82, 2.24) is 5.32 Å². The van der Waals surface area contributed by atoms with Crippen LogP contribution in [0.2, 0.25) is 0 Å². The van der Waals surface area contributed by atoms with Gasteiger partial charge in [0.05, 0.1) is 5.56 Å². The van der Waals surface area contributed by atoms with Crippen molar-refractivity contribution < 1.29 is 22.7 Å². The minimum absolute atomic E-state index is 0.0265. The van der Waals surface area contributed by atoms with E-state index in [-0.39, 0.29) is 17.9 Å². The SMILES string of the molecule is O=C(NCc1ccccc1OC(F)F)c1ccccc1F. The molecule has 0 heterocycles. The Kier molecular flexibility index (Phi) is 4.81. The number of hydrogen-bond acceptors (Lipinski definition) is 2. The number of benzene rings is 2. The first-order chi connectivity index (χ1) is 10.1. The average Bonchev–Trinajstić information content (AvgIpc) is 2.46. The normalized spacial score (nSPS) is 10.5. The highest BCUT2D eigenvalue weighted by molar-refractivity contribution is 5.94. The quantitative estimate of drug-likeness (QED) is 0.918. The summed E-state index contributed by atoms with van der Waals surface area (Å²) in [5.74, 6) is -1.30. The first-order valence-corrected chi connectivity index (χ1v) is 6.13. The zero-order valence-corrected chi connectivity index (χ0v) is 10.9. The second kappa shape index (κ2) is 6.78. The summed E-state index contributed by atoms with van der Waals surface area (Å²) in [7, 11) is 0. The Labute approximate surface area is 119 Å². The maximum Gasteiger partial charge on any atom is 0.387 e. The molecule has 0 fully saturated rings. The molecule has 1 N–H and O–H groups in total. The highest BCUT2D eigenvalue weighted by Gasteiger charge is 2.13. The number of alkyl halides is 2. The zero-order chi connectivity index (χ0) is 15.2. The van der Waals surface area contributed by atoms with Crippen molar-refractivity contribution in [3.8, 4) is 5.75 Å². The van der Waals surface area contributed by atoms with Gasteiger partial charge in [0.2, 0.25) is 0 Å². The molecule has 21 heavy (non-hydrogen) atoms. The molecule has 0 spiro atoms. The minimum Gasteiger partial charge on any atom is -0.434 e. The lowest BCUT2D eigenvalue weighted by Crippen LogP contribution is -2.24. The first-order valence-electron chi connectivity index (χ1n) is 6.13. The number of nitrogens with one attached hydrogen (secondary N) is 1. The molecule has 2 rings (SSSR count). The molecule has 0 radical (unpaired) electrons. The standard InChI is InChI=1S/C15H12F3NO2/c16-12-7-3-2-6-11(12)14(20)19-9-10-5-1-4-8-13(10)21-15(17)18/h1-8,15H,9H2,(H,19,20). The van der Waals surface area contributed by atoms with Crippen LogP contribution < -0.4 is 10.1 Å². The van der Waals surface area contributed by atoms with Crippen molar-refractivity contribution >= 4 is 5.91 Å². The third-order valence-electron chi connectivity index (χ3n) is 2.75. The molecule has 0 saturated heterocycles. The van der Waals surface area contributed by atoms with Gasteiger partial charge < -0.3 is 10.1 Å². The smallest absolute Gasteiger partial charge is 0.387 e. The maximum absolute atomic E-state index is 13.4. The summed E-state index contributed by atoms with van der Waals surface area (Å²) in [4.78, 5) is 11.8. The van der Waals surface area contributed by atoms with E-state index < -0.39 is 18.3 Å². The van der Waals surface area contributed by atoms with Crippen LogP contribution in [0.1, 0.15) is 15.9 Å². The first kappa shape index (κ1) is 14.9. The topological polar surface area (TPSA) is 38.3 Å². The van der Waals surface area contributed by atoms with Gasteiger partial charge in [-0.15, -0.1) is 0 Å². The Morgan fingerprint density at radius 3 is 2.48 bits per heavy atom. The van der Waals surface area contributed by atoms with Crippen LogP contribution in [-0.4, -0.2) is 12.5 Å². The van der Waals surface area contributed by atoms with Crippen molar-refractivity contribution in [3.05, 3.63) is 65.5 Å². The Bertz CT molecular complexity index is 632. The summed E-state index contributed by atoms with van der Waals surface area (Å²) in [6.45, 7) is -3.00. The predicted octanol–water partition coefficient (Wildman–Crippen LogP) is 3.36. The van der Waals surface area contributed by atoms with Gasteiger partial charge in [0.1, 0.15) is 11.6 Å². The molecular formula is C15H12F3NO2. The van der Waals surface area contributed by atoms with Crippen molar-refractivity contribution in [3.63, 3.8) is 0 Å². The van der Waals surface area contributed by atoms with Gasteiger partial charge >= 0.3 is 6.61 Å².